The summed E-state index contributed by atoms with van der Waals surface area (Å²) in [6.45, 7) is 5.52. The van der Waals surface area contributed by atoms with Crippen molar-refractivity contribution in [2.24, 2.45) is 5.92 Å². The largest absolute Gasteiger partial charge is 0.396 e. The highest BCUT2D eigenvalue weighted by molar-refractivity contribution is 5.55. The molecule has 2 rings (SSSR count). The first-order valence-corrected chi connectivity index (χ1v) is 7.10. The number of hydrogen-bond donors (Lipinski definition) is 2. The third-order valence-corrected chi connectivity index (χ3v) is 3.67. The average Bonchev–Trinajstić information content (AvgIpc) is 2.87. The van der Waals surface area contributed by atoms with E-state index in [1.165, 1.54) is 6.07 Å². The third-order valence-electron chi connectivity index (χ3n) is 3.67. The molecule has 1 heterocycles. The van der Waals surface area contributed by atoms with Crippen molar-refractivity contribution in [1.29, 1.82) is 0 Å². The molecule has 1 aromatic carbocycles. The van der Waals surface area contributed by atoms with E-state index in [1.807, 2.05) is 6.07 Å². The van der Waals surface area contributed by atoms with Gasteiger partial charge in [0.25, 0.3) is 0 Å². The number of halogens is 1. The van der Waals surface area contributed by atoms with Crippen molar-refractivity contribution >= 4 is 5.69 Å². The topological polar surface area (TPSA) is 35.5 Å². The van der Waals surface area contributed by atoms with E-state index in [4.69, 9.17) is 0 Å². The van der Waals surface area contributed by atoms with Crippen LogP contribution in [0.2, 0.25) is 0 Å². The van der Waals surface area contributed by atoms with Crippen LogP contribution in [0.3, 0.4) is 0 Å². The van der Waals surface area contributed by atoms with Crippen molar-refractivity contribution in [3.05, 3.63) is 29.6 Å². The molecule has 0 aromatic heterocycles. The fraction of sp³-hybridized carbons (Fsp3) is 0.600. The Morgan fingerprint density at radius 2 is 2.32 bits per heavy atom. The molecular formula is C15H23FN2O. The van der Waals surface area contributed by atoms with E-state index >= 15 is 0 Å². The van der Waals surface area contributed by atoms with Gasteiger partial charge in [0.2, 0.25) is 0 Å². The predicted molar refractivity (Wildman–Crippen MR) is 75.8 cm³/mol. The monoisotopic (exact) mass is 266 g/mol. The Balaban J connectivity index is 2.13. The molecule has 4 heteroatoms. The van der Waals surface area contributed by atoms with Crippen molar-refractivity contribution in [3.8, 4) is 0 Å². The minimum atomic E-state index is -0.158. The summed E-state index contributed by atoms with van der Waals surface area (Å²) in [5, 5.41) is 12.5. The second-order valence-electron chi connectivity index (χ2n) is 5.21. The summed E-state index contributed by atoms with van der Waals surface area (Å²) in [5.41, 5.74) is 1.72. The first kappa shape index (κ1) is 14.3. The lowest BCUT2D eigenvalue weighted by Gasteiger charge is -2.23. The molecule has 0 amide bonds. The summed E-state index contributed by atoms with van der Waals surface area (Å²) in [6, 6.07) is 5.26. The zero-order valence-electron chi connectivity index (χ0n) is 11.5. The first-order valence-electron chi connectivity index (χ1n) is 7.10. The minimum absolute atomic E-state index is 0.158. The Morgan fingerprint density at radius 3 is 3.00 bits per heavy atom. The minimum Gasteiger partial charge on any atom is -0.396 e. The van der Waals surface area contributed by atoms with Crippen molar-refractivity contribution in [2.45, 2.75) is 26.3 Å². The van der Waals surface area contributed by atoms with Crippen molar-refractivity contribution < 1.29 is 9.50 Å². The number of benzene rings is 1. The van der Waals surface area contributed by atoms with Crippen LogP contribution in [0.4, 0.5) is 10.1 Å². The van der Waals surface area contributed by atoms with E-state index in [1.54, 1.807) is 6.07 Å². The van der Waals surface area contributed by atoms with Crippen LogP contribution in [-0.4, -0.2) is 31.3 Å². The molecule has 0 aliphatic carbocycles. The summed E-state index contributed by atoms with van der Waals surface area (Å²) < 4.78 is 14.1. The van der Waals surface area contributed by atoms with Crippen molar-refractivity contribution in [1.82, 2.24) is 5.32 Å². The normalized spacial score (nSPS) is 19.1. The van der Waals surface area contributed by atoms with Gasteiger partial charge in [-0.3, -0.25) is 0 Å². The number of para-hydroxylation sites is 1. The molecule has 0 saturated carbocycles. The number of rotatable bonds is 6. The van der Waals surface area contributed by atoms with Gasteiger partial charge in [-0.15, -0.1) is 0 Å². The predicted octanol–water partition coefficient (Wildman–Crippen LogP) is 2.14. The van der Waals surface area contributed by atoms with Gasteiger partial charge in [-0.05, 0) is 31.0 Å². The van der Waals surface area contributed by atoms with E-state index in [0.717, 1.165) is 38.0 Å². The molecule has 1 unspecified atom stereocenters. The lowest BCUT2D eigenvalue weighted by molar-refractivity contribution is 0.238. The quantitative estimate of drug-likeness (QED) is 0.774. The second-order valence-corrected chi connectivity index (χ2v) is 5.21. The SMILES string of the molecule is CCCNCc1cccc(F)c1N1CCC(CO)C1. The van der Waals surface area contributed by atoms with Crippen molar-refractivity contribution in [3.63, 3.8) is 0 Å². The van der Waals surface area contributed by atoms with Gasteiger partial charge in [-0.1, -0.05) is 19.1 Å². The molecule has 1 aliphatic rings. The van der Waals surface area contributed by atoms with E-state index in [9.17, 15) is 9.50 Å². The lowest BCUT2D eigenvalue weighted by Crippen LogP contribution is -2.25. The molecule has 1 aromatic rings. The van der Waals surface area contributed by atoms with Crippen LogP contribution in [0.15, 0.2) is 18.2 Å². The highest BCUT2D eigenvalue weighted by atomic mass is 19.1. The Kier molecular flexibility index (Phi) is 5.16. The standard InChI is InChI=1S/C15H23FN2O/c1-2-7-17-9-13-4-3-5-14(16)15(13)18-8-6-12(10-18)11-19/h3-5,12,17,19H,2,6-11H2,1H3. The Bertz CT molecular complexity index is 411. The van der Waals surface area contributed by atoms with Gasteiger partial charge in [-0.2, -0.15) is 0 Å². The molecule has 0 spiro atoms. The summed E-state index contributed by atoms with van der Waals surface area (Å²) in [6.07, 6.45) is 2.01. The molecule has 1 aliphatic heterocycles. The van der Waals surface area contributed by atoms with E-state index < -0.39 is 0 Å². The summed E-state index contributed by atoms with van der Waals surface area (Å²) in [4.78, 5) is 2.07. The fourth-order valence-corrected chi connectivity index (χ4v) is 2.64. The molecular weight excluding hydrogens is 243 g/mol. The van der Waals surface area contributed by atoms with Gasteiger partial charge in [0.15, 0.2) is 0 Å². The number of nitrogens with one attached hydrogen (secondary N) is 1. The van der Waals surface area contributed by atoms with Gasteiger partial charge in [0, 0.05) is 32.2 Å². The zero-order valence-corrected chi connectivity index (χ0v) is 11.5. The molecule has 0 bridgehead atoms. The summed E-state index contributed by atoms with van der Waals surface area (Å²) >= 11 is 0. The first-order chi connectivity index (χ1) is 9.26. The zero-order chi connectivity index (χ0) is 13.7. The molecule has 3 nitrogen and oxygen atoms in total. The maximum atomic E-state index is 14.1. The van der Waals surface area contributed by atoms with E-state index in [-0.39, 0.29) is 18.3 Å². The van der Waals surface area contributed by atoms with E-state index in [0.29, 0.717) is 12.2 Å². The lowest BCUT2D eigenvalue weighted by atomic mass is 10.1. The number of aliphatic hydroxyl groups is 1. The molecule has 106 valence electrons. The van der Waals surface area contributed by atoms with Crippen LogP contribution in [-0.2, 0) is 6.54 Å². The van der Waals surface area contributed by atoms with Gasteiger partial charge in [0.05, 0.1) is 5.69 Å². The number of nitrogens with zero attached hydrogens (tertiary/aromatic N) is 1. The average molecular weight is 266 g/mol. The Labute approximate surface area is 114 Å². The fourth-order valence-electron chi connectivity index (χ4n) is 2.64. The maximum absolute atomic E-state index is 14.1. The number of hydrogen-bond acceptors (Lipinski definition) is 3. The Hall–Kier alpha value is -1.13. The van der Waals surface area contributed by atoms with Crippen LogP contribution < -0.4 is 10.2 Å². The highest BCUT2D eigenvalue weighted by Gasteiger charge is 2.25. The van der Waals surface area contributed by atoms with Gasteiger partial charge >= 0.3 is 0 Å². The number of aliphatic hydroxyl groups excluding tert-OH is 1. The Morgan fingerprint density at radius 1 is 1.47 bits per heavy atom. The highest BCUT2D eigenvalue weighted by Crippen LogP contribution is 2.29. The second kappa shape index (κ2) is 6.87. The van der Waals surface area contributed by atoms with Crippen LogP contribution in [0.25, 0.3) is 0 Å². The smallest absolute Gasteiger partial charge is 0.146 e. The summed E-state index contributed by atoms with van der Waals surface area (Å²) in [5.74, 6) is 0.116. The van der Waals surface area contributed by atoms with Crippen LogP contribution in [0.1, 0.15) is 25.3 Å². The molecule has 19 heavy (non-hydrogen) atoms. The van der Waals surface area contributed by atoms with Gasteiger partial charge in [0.1, 0.15) is 5.82 Å². The third kappa shape index (κ3) is 3.45. The van der Waals surface area contributed by atoms with Crippen molar-refractivity contribution in [2.75, 3.05) is 31.1 Å². The number of anilines is 1. The molecule has 0 radical (unpaired) electrons. The molecule has 1 saturated heterocycles. The maximum Gasteiger partial charge on any atom is 0.146 e. The van der Waals surface area contributed by atoms with Crippen LogP contribution in [0.5, 0.6) is 0 Å². The van der Waals surface area contributed by atoms with Gasteiger partial charge in [-0.25, -0.2) is 4.39 Å². The molecule has 1 atom stereocenters. The van der Waals surface area contributed by atoms with Crippen LogP contribution in [0, 0.1) is 11.7 Å². The van der Waals surface area contributed by atoms with Gasteiger partial charge < -0.3 is 15.3 Å². The summed E-state index contributed by atoms with van der Waals surface area (Å²) in [7, 11) is 0. The molecule has 1 fully saturated rings. The van der Waals surface area contributed by atoms with E-state index in [2.05, 4.69) is 17.1 Å². The van der Waals surface area contributed by atoms with Crippen LogP contribution >= 0.6 is 0 Å². The molecule has 2 N–H and O–H groups in total.